The highest BCUT2D eigenvalue weighted by Gasteiger charge is 2.30. The van der Waals surface area contributed by atoms with E-state index in [1.807, 2.05) is 36.4 Å². The predicted octanol–water partition coefficient (Wildman–Crippen LogP) is 6.03. The van der Waals surface area contributed by atoms with Crippen molar-refractivity contribution in [1.29, 1.82) is 0 Å². The topological polar surface area (TPSA) is 67.9 Å². The van der Waals surface area contributed by atoms with Crippen molar-refractivity contribution in [2.45, 2.75) is 57.5 Å². The van der Waals surface area contributed by atoms with Crippen LogP contribution in [0, 0.1) is 5.82 Å². The van der Waals surface area contributed by atoms with Gasteiger partial charge in [0.25, 0.3) is 0 Å². The second kappa shape index (κ2) is 15.0. The summed E-state index contributed by atoms with van der Waals surface area (Å²) < 4.78 is 24.5. The molecular weight excluding hydrogens is 519 g/mol. The Morgan fingerprint density at radius 1 is 0.902 bits per heavy atom. The monoisotopic (exact) mass is 558 g/mol. The third-order valence-electron chi connectivity index (χ3n) is 7.47. The van der Waals surface area contributed by atoms with Crippen molar-refractivity contribution in [3.8, 4) is 11.5 Å². The van der Waals surface area contributed by atoms with Gasteiger partial charge in [-0.05, 0) is 73.1 Å². The van der Waals surface area contributed by atoms with Gasteiger partial charge in [0.1, 0.15) is 11.9 Å². The molecule has 0 saturated heterocycles. The lowest BCUT2D eigenvalue weighted by atomic mass is 9.97. The summed E-state index contributed by atoms with van der Waals surface area (Å²) in [4.78, 5) is 29.4. The van der Waals surface area contributed by atoms with Crippen molar-refractivity contribution in [3.05, 3.63) is 107 Å². The fourth-order valence-electron chi connectivity index (χ4n) is 5.20. The Balaban J connectivity index is 1.61. The van der Waals surface area contributed by atoms with E-state index >= 15 is 0 Å². The van der Waals surface area contributed by atoms with Crippen LogP contribution in [0.4, 0.5) is 4.39 Å². The molecule has 2 amide bonds. The number of ether oxygens (including phenoxy) is 2. The van der Waals surface area contributed by atoms with E-state index in [2.05, 4.69) is 11.4 Å². The van der Waals surface area contributed by atoms with E-state index in [0.717, 1.165) is 36.0 Å². The van der Waals surface area contributed by atoms with Crippen LogP contribution < -0.4 is 14.8 Å². The molecule has 0 heterocycles. The number of nitrogens with one attached hydrogen (secondary N) is 1. The van der Waals surface area contributed by atoms with E-state index in [-0.39, 0.29) is 30.6 Å². The largest absolute Gasteiger partial charge is 0.493 e. The second-order valence-corrected chi connectivity index (χ2v) is 10.4. The van der Waals surface area contributed by atoms with Crippen LogP contribution in [-0.2, 0) is 29.0 Å². The minimum Gasteiger partial charge on any atom is -0.493 e. The summed E-state index contributed by atoms with van der Waals surface area (Å²) in [5.74, 6) is 0.327. The molecule has 0 saturated carbocycles. The fourth-order valence-corrected chi connectivity index (χ4v) is 5.20. The summed E-state index contributed by atoms with van der Waals surface area (Å²) in [5.41, 5.74) is 3.81. The van der Waals surface area contributed by atoms with Crippen molar-refractivity contribution in [1.82, 2.24) is 10.2 Å². The number of methoxy groups -OCH3 is 2. The molecule has 1 unspecified atom stereocenters. The molecular formula is C34H39FN2O4. The predicted molar refractivity (Wildman–Crippen MR) is 158 cm³/mol. The lowest BCUT2D eigenvalue weighted by molar-refractivity contribution is -0.140. The second-order valence-electron chi connectivity index (χ2n) is 10.4. The zero-order valence-electron chi connectivity index (χ0n) is 23.9. The number of carbonyl (C=O) groups excluding carboxylic acids is 2. The zero-order chi connectivity index (χ0) is 29.0. The van der Waals surface area contributed by atoms with Crippen LogP contribution >= 0.6 is 0 Å². The molecule has 1 atom stereocenters. The van der Waals surface area contributed by atoms with Gasteiger partial charge in [-0.1, -0.05) is 60.2 Å². The first-order chi connectivity index (χ1) is 20.0. The molecule has 41 heavy (non-hydrogen) atoms. The molecule has 4 rings (SSSR count). The van der Waals surface area contributed by atoms with Crippen LogP contribution in [0.5, 0.6) is 11.5 Å². The Kier molecular flexibility index (Phi) is 10.9. The number of hydrogen-bond acceptors (Lipinski definition) is 4. The van der Waals surface area contributed by atoms with E-state index < -0.39 is 6.04 Å². The summed E-state index contributed by atoms with van der Waals surface area (Å²) in [5, 5.41) is 3.11. The number of benzene rings is 3. The number of halogens is 1. The van der Waals surface area contributed by atoms with E-state index in [0.29, 0.717) is 24.5 Å². The number of rotatable bonds is 13. The SMILES string of the molecule is COc1ccc(CC(=O)N(Cc2ccc(F)cc2)C(Cc2ccccc2)C(=O)NCCC2=CCCCC2)cc1OC. The maximum atomic E-state index is 14.0. The van der Waals surface area contributed by atoms with Crippen molar-refractivity contribution in [2.75, 3.05) is 20.8 Å². The molecule has 3 aromatic rings. The van der Waals surface area contributed by atoms with Crippen LogP contribution in [0.15, 0.2) is 84.4 Å². The van der Waals surface area contributed by atoms with Gasteiger partial charge in [0.2, 0.25) is 11.8 Å². The zero-order valence-corrected chi connectivity index (χ0v) is 23.9. The van der Waals surface area contributed by atoms with Gasteiger partial charge in [-0.2, -0.15) is 0 Å². The van der Waals surface area contributed by atoms with Crippen molar-refractivity contribution >= 4 is 11.8 Å². The number of nitrogens with zero attached hydrogens (tertiary/aromatic N) is 1. The average molecular weight is 559 g/mol. The van der Waals surface area contributed by atoms with Gasteiger partial charge < -0.3 is 19.7 Å². The van der Waals surface area contributed by atoms with Gasteiger partial charge in [-0.15, -0.1) is 0 Å². The standard InChI is InChI=1S/C34H39FN2O4/c1-40-31-18-15-28(22-32(31)41-2)23-33(38)37(24-27-13-16-29(35)17-14-27)30(21-26-11-7-4-8-12-26)34(39)36-20-19-25-9-5-3-6-10-25/h4,7-9,11-18,22,30H,3,5-6,10,19-21,23-24H2,1-2H3,(H,36,39). The molecule has 0 fully saturated rings. The van der Waals surface area contributed by atoms with Crippen LogP contribution in [0.25, 0.3) is 0 Å². The van der Waals surface area contributed by atoms with Crippen LogP contribution in [0.1, 0.15) is 48.8 Å². The van der Waals surface area contributed by atoms with Crippen molar-refractivity contribution in [2.24, 2.45) is 0 Å². The number of hydrogen-bond donors (Lipinski definition) is 1. The molecule has 0 aliphatic heterocycles. The molecule has 1 aliphatic carbocycles. The van der Waals surface area contributed by atoms with Crippen molar-refractivity contribution in [3.63, 3.8) is 0 Å². The first kappa shape index (κ1) is 29.8. The van der Waals surface area contributed by atoms with E-state index in [4.69, 9.17) is 9.47 Å². The average Bonchev–Trinajstić information content (AvgIpc) is 3.00. The molecule has 0 radical (unpaired) electrons. The van der Waals surface area contributed by atoms with Crippen LogP contribution in [-0.4, -0.2) is 43.5 Å². The van der Waals surface area contributed by atoms with Gasteiger partial charge in [0, 0.05) is 19.5 Å². The smallest absolute Gasteiger partial charge is 0.243 e. The molecule has 0 bridgehead atoms. The third kappa shape index (κ3) is 8.68. The molecule has 216 valence electrons. The van der Waals surface area contributed by atoms with E-state index in [1.165, 1.54) is 30.5 Å². The maximum absolute atomic E-state index is 14.0. The highest BCUT2D eigenvalue weighted by molar-refractivity contribution is 5.89. The quantitative estimate of drug-likeness (QED) is 0.260. The summed E-state index contributed by atoms with van der Waals surface area (Å²) in [6, 6.07) is 20.3. The molecule has 7 heteroatoms. The van der Waals surface area contributed by atoms with E-state index in [9.17, 15) is 14.0 Å². The van der Waals surface area contributed by atoms with Crippen LogP contribution in [0.2, 0.25) is 0 Å². The van der Waals surface area contributed by atoms with Gasteiger partial charge >= 0.3 is 0 Å². The molecule has 0 spiro atoms. The number of carbonyl (C=O) groups is 2. The van der Waals surface area contributed by atoms with Gasteiger partial charge in [-0.3, -0.25) is 9.59 Å². The Morgan fingerprint density at radius 2 is 1.63 bits per heavy atom. The third-order valence-corrected chi connectivity index (χ3v) is 7.47. The first-order valence-corrected chi connectivity index (χ1v) is 14.2. The van der Waals surface area contributed by atoms with E-state index in [1.54, 1.807) is 43.4 Å². The minimum atomic E-state index is -0.754. The van der Waals surface area contributed by atoms with Gasteiger partial charge in [0.15, 0.2) is 11.5 Å². The highest BCUT2D eigenvalue weighted by Crippen LogP contribution is 2.28. The Labute approximate surface area is 242 Å². The minimum absolute atomic E-state index is 0.0625. The summed E-state index contributed by atoms with van der Waals surface area (Å²) in [6.45, 7) is 0.687. The number of allylic oxidation sites excluding steroid dienone is 1. The maximum Gasteiger partial charge on any atom is 0.243 e. The Bertz CT molecular complexity index is 1320. The first-order valence-electron chi connectivity index (χ1n) is 14.2. The highest BCUT2D eigenvalue weighted by atomic mass is 19.1. The lowest BCUT2D eigenvalue weighted by Crippen LogP contribution is -2.51. The van der Waals surface area contributed by atoms with Gasteiger partial charge in [0.05, 0.1) is 20.6 Å². The summed E-state index contributed by atoms with van der Waals surface area (Å²) >= 11 is 0. The van der Waals surface area contributed by atoms with Crippen molar-refractivity contribution < 1.29 is 23.5 Å². The molecule has 1 aliphatic rings. The molecule has 0 aromatic heterocycles. The number of amides is 2. The lowest BCUT2D eigenvalue weighted by Gasteiger charge is -2.32. The molecule has 1 N–H and O–H groups in total. The summed E-state index contributed by atoms with van der Waals surface area (Å²) in [7, 11) is 3.11. The Morgan fingerprint density at radius 3 is 2.32 bits per heavy atom. The molecule has 3 aromatic carbocycles. The molecule has 6 nitrogen and oxygen atoms in total. The summed E-state index contributed by atoms with van der Waals surface area (Å²) in [6.07, 6.45) is 8.08. The van der Waals surface area contributed by atoms with Gasteiger partial charge in [-0.25, -0.2) is 4.39 Å². The van der Waals surface area contributed by atoms with Crippen LogP contribution in [0.3, 0.4) is 0 Å². The Hall–Kier alpha value is -4.13. The normalized spacial score (nSPS) is 13.6. The fraction of sp³-hybridized carbons (Fsp3) is 0.353.